The number of nitrogens with zero attached hydrogens (tertiary/aromatic N) is 1. The average molecular weight is 576 g/mol. The molecule has 1 heterocycles. The summed E-state index contributed by atoms with van der Waals surface area (Å²) in [5.74, 6) is 0. The van der Waals surface area contributed by atoms with Gasteiger partial charge in [0.1, 0.15) is 5.58 Å². The van der Waals surface area contributed by atoms with Crippen molar-refractivity contribution in [3.8, 4) is 22.3 Å². The Morgan fingerprint density at radius 1 is 0.444 bits per heavy atom. The molecule has 1 saturated carbocycles. The molecule has 212 valence electrons. The highest BCUT2D eigenvalue weighted by Crippen LogP contribution is 2.62. The van der Waals surface area contributed by atoms with Crippen molar-refractivity contribution in [3.63, 3.8) is 0 Å². The van der Waals surface area contributed by atoms with E-state index < -0.39 is 0 Å². The molecular weight excluding hydrogens is 546 g/mol. The molecule has 0 radical (unpaired) electrons. The third-order valence-electron chi connectivity index (χ3n) is 10.1. The Kier molecular flexibility index (Phi) is 5.07. The van der Waals surface area contributed by atoms with Crippen LogP contribution in [0.2, 0.25) is 0 Å². The molecule has 7 aromatic carbocycles. The minimum absolute atomic E-state index is 0.118. The van der Waals surface area contributed by atoms with Crippen molar-refractivity contribution < 1.29 is 4.42 Å². The van der Waals surface area contributed by atoms with Gasteiger partial charge < -0.3 is 9.32 Å². The summed E-state index contributed by atoms with van der Waals surface area (Å²) in [7, 11) is 0. The predicted molar refractivity (Wildman–Crippen MR) is 187 cm³/mol. The fraction of sp³-hybridized carbons (Fsp3) is 0.0698. The summed E-state index contributed by atoms with van der Waals surface area (Å²) in [4.78, 5) is 2.44. The van der Waals surface area contributed by atoms with Crippen molar-refractivity contribution in [2.75, 3.05) is 4.90 Å². The van der Waals surface area contributed by atoms with Gasteiger partial charge in [-0.25, -0.2) is 0 Å². The van der Waals surface area contributed by atoms with Crippen LogP contribution in [-0.2, 0) is 5.41 Å². The fourth-order valence-electron chi connectivity index (χ4n) is 7.98. The van der Waals surface area contributed by atoms with E-state index in [1.807, 2.05) is 6.07 Å². The molecule has 2 aliphatic rings. The van der Waals surface area contributed by atoms with Gasteiger partial charge in [-0.05, 0) is 70.3 Å². The van der Waals surface area contributed by atoms with Crippen LogP contribution >= 0.6 is 0 Å². The first-order chi connectivity index (χ1) is 22.3. The van der Waals surface area contributed by atoms with Crippen molar-refractivity contribution in [2.45, 2.75) is 18.3 Å². The Hall–Kier alpha value is -5.60. The topological polar surface area (TPSA) is 16.4 Å². The van der Waals surface area contributed by atoms with Gasteiger partial charge in [0.2, 0.25) is 0 Å². The molecule has 0 atom stereocenters. The molecule has 10 rings (SSSR count). The Bertz CT molecular complexity index is 2450. The number of benzene rings is 7. The summed E-state index contributed by atoms with van der Waals surface area (Å²) in [6.07, 6.45) is 2.40. The maximum absolute atomic E-state index is 6.69. The third kappa shape index (κ3) is 3.45. The van der Waals surface area contributed by atoms with E-state index in [0.717, 1.165) is 39.0 Å². The van der Waals surface area contributed by atoms with Gasteiger partial charge in [-0.2, -0.15) is 0 Å². The Labute approximate surface area is 261 Å². The molecule has 2 aliphatic carbocycles. The number of para-hydroxylation sites is 3. The minimum atomic E-state index is 0.118. The van der Waals surface area contributed by atoms with E-state index in [9.17, 15) is 0 Å². The number of anilines is 3. The molecule has 0 bridgehead atoms. The zero-order valence-electron chi connectivity index (χ0n) is 24.7. The van der Waals surface area contributed by atoms with Crippen molar-refractivity contribution in [1.29, 1.82) is 0 Å². The first kappa shape index (κ1) is 24.8. The van der Waals surface area contributed by atoms with E-state index in [0.29, 0.717) is 0 Å². The highest BCUT2D eigenvalue weighted by molar-refractivity contribution is 6.14. The predicted octanol–water partition coefficient (Wildman–Crippen LogP) is 11.9. The molecule has 0 aliphatic heterocycles. The molecule has 45 heavy (non-hydrogen) atoms. The standard InChI is InChI=1S/C43H29NO/c1-2-12-28(13-3-1)29-14-5-8-21-37(29)44(39-22-11-18-33-31-16-6-9-23-40(31)45-42(33)39)38-25-24-36-41-32(17-10-19-34(38)41)30-15-4-7-20-35(30)43(36)26-27-43/h1-25H,26-27H2. The van der Waals surface area contributed by atoms with E-state index in [1.165, 1.54) is 57.0 Å². The number of fused-ring (bicyclic) bond motifs is 7. The molecule has 0 N–H and O–H groups in total. The first-order valence-electron chi connectivity index (χ1n) is 15.8. The normalized spacial score (nSPS) is 14.2. The Morgan fingerprint density at radius 2 is 1.11 bits per heavy atom. The van der Waals surface area contributed by atoms with E-state index >= 15 is 0 Å². The quantitative estimate of drug-likeness (QED) is 0.208. The zero-order valence-corrected chi connectivity index (χ0v) is 24.7. The summed E-state index contributed by atoms with van der Waals surface area (Å²) >= 11 is 0. The third-order valence-corrected chi connectivity index (χ3v) is 10.1. The second kappa shape index (κ2) is 9.20. The van der Waals surface area contributed by atoms with Crippen LogP contribution in [0, 0.1) is 0 Å². The summed E-state index contributed by atoms with van der Waals surface area (Å²) in [5.41, 5.74) is 13.2. The van der Waals surface area contributed by atoms with Gasteiger partial charge in [0.05, 0.1) is 17.1 Å². The molecule has 0 saturated heterocycles. The van der Waals surface area contributed by atoms with Crippen LogP contribution in [0.15, 0.2) is 156 Å². The SMILES string of the molecule is c1ccc(-c2ccccc2N(c2ccc3c4c(cccc24)-c2ccccc2C32CC2)c2cccc3c2oc2ccccc23)cc1. The van der Waals surface area contributed by atoms with Crippen LogP contribution in [0.5, 0.6) is 0 Å². The maximum Gasteiger partial charge on any atom is 0.159 e. The number of furan rings is 1. The van der Waals surface area contributed by atoms with Gasteiger partial charge in [-0.1, -0.05) is 127 Å². The van der Waals surface area contributed by atoms with Gasteiger partial charge in [0.25, 0.3) is 0 Å². The van der Waals surface area contributed by atoms with Crippen molar-refractivity contribution >= 4 is 49.8 Å². The molecule has 2 heteroatoms. The van der Waals surface area contributed by atoms with Crippen LogP contribution < -0.4 is 4.90 Å². The van der Waals surface area contributed by atoms with Crippen molar-refractivity contribution in [3.05, 3.63) is 163 Å². The van der Waals surface area contributed by atoms with E-state index in [1.54, 1.807) is 0 Å². The Balaban J connectivity index is 1.32. The maximum atomic E-state index is 6.69. The average Bonchev–Trinajstić information content (AvgIpc) is 3.81. The lowest BCUT2D eigenvalue weighted by Crippen LogP contribution is -2.17. The summed E-state index contributed by atoms with van der Waals surface area (Å²) in [5, 5.41) is 4.90. The minimum Gasteiger partial charge on any atom is -0.454 e. The number of hydrogen-bond acceptors (Lipinski definition) is 2. The molecule has 1 spiro atoms. The van der Waals surface area contributed by atoms with Crippen molar-refractivity contribution in [2.24, 2.45) is 0 Å². The van der Waals surface area contributed by atoms with Gasteiger partial charge in [0.15, 0.2) is 5.58 Å². The fourth-order valence-corrected chi connectivity index (χ4v) is 7.98. The highest BCUT2D eigenvalue weighted by Gasteiger charge is 2.50. The van der Waals surface area contributed by atoms with E-state index in [2.05, 4.69) is 150 Å². The van der Waals surface area contributed by atoms with Gasteiger partial charge in [-0.15, -0.1) is 0 Å². The molecule has 1 fully saturated rings. The van der Waals surface area contributed by atoms with Crippen LogP contribution in [-0.4, -0.2) is 0 Å². The first-order valence-corrected chi connectivity index (χ1v) is 15.8. The van der Waals surface area contributed by atoms with Crippen LogP contribution in [0.3, 0.4) is 0 Å². The summed E-state index contributed by atoms with van der Waals surface area (Å²) < 4.78 is 6.69. The van der Waals surface area contributed by atoms with Crippen molar-refractivity contribution in [1.82, 2.24) is 0 Å². The molecule has 8 aromatic rings. The molecule has 0 amide bonds. The van der Waals surface area contributed by atoms with Gasteiger partial charge >= 0.3 is 0 Å². The summed E-state index contributed by atoms with van der Waals surface area (Å²) in [6.45, 7) is 0. The Morgan fingerprint density at radius 3 is 2.00 bits per heavy atom. The lowest BCUT2D eigenvalue weighted by molar-refractivity contribution is 0.669. The molecular formula is C43H29NO. The monoisotopic (exact) mass is 575 g/mol. The molecule has 0 unspecified atom stereocenters. The van der Waals surface area contributed by atoms with E-state index in [4.69, 9.17) is 4.42 Å². The second-order valence-corrected chi connectivity index (χ2v) is 12.5. The lowest BCUT2D eigenvalue weighted by atomic mass is 9.74. The highest BCUT2D eigenvalue weighted by atomic mass is 16.3. The number of hydrogen-bond donors (Lipinski definition) is 0. The van der Waals surface area contributed by atoms with Crippen LogP contribution in [0.1, 0.15) is 24.0 Å². The largest absolute Gasteiger partial charge is 0.454 e. The molecule has 2 nitrogen and oxygen atoms in total. The van der Waals surface area contributed by atoms with Gasteiger partial charge in [-0.3, -0.25) is 0 Å². The number of rotatable bonds is 4. The second-order valence-electron chi connectivity index (χ2n) is 12.5. The van der Waals surface area contributed by atoms with Crippen LogP contribution in [0.25, 0.3) is 55.0 Å². The van der Waals surface area contributed by atoms with Gasteiger partial charge in [0, 0.05) is 27.1 Å². The van der Waals surface area contributed by atoms with Crippen LogP contribution in [0.4, 0.5) is 17.1 Å². The lowest BCUT2D eigenvalue weighted by Gasteiger charge is -2.33. The molecule has 1 aromatic heterocycles. The smallest absolute Gasteiger partial charge is 0.159 e. The van der Waals surface area contributed by atoms with E-state index in [-0.39, 0.29) is 5.41 Å². The zero-order chi connectivity index (χ0) is 29.5. The summed E-state index contributed by atoms with van der Waals surface area (Å²) in [6, 6.07) is 55.1.